The Bertz CT molecular complexity index is 798. The van der Waals surface area contributed by atoms with Crippen molar-refractivity contribution in [3.05, 3.63) is 6.33 Å². The van der Waals surface area contributed by atoms with Crippen LogP contribution >= 0.6 is 23.1 Å². The van der Waals surface area contributed by atoms with Gasteiger partial charge in [-0.15, -0.1) is 11.3 Å². The first-order valence-electron chi connectivity index (χ1n) is 9.60. The molecule has 1 aliphatic heterocycles. The van der Waals surface area contributed by atoms with Gasteiger partial charge in [-0.3, -0.25) is 9.69 Å². The third-order valence-corrected chi connectivity index (χ3v) is 7.60. The lowest BCUT2D eigenvalue weighted by Crippen LogP contribution is -2.55. The molecule has 2 aromatic heterocycles. The molecule has 1 amide bonds. The van der Waals surface area contributed by atoms with E-state index in [0.717, 1.165) is 59.5 Å². The van der Waals surface area contributed by atoms with Crippen molar-refractivity contribution in [2.45, 2.75) is 49.0 Å². The number of nitrogens with one attached hydrogen (secondary N) is 1. The molecule has 0 aromatic carbocycles. The summed E-state index contributed by atoms with van der Waals surface area (Å²) in [7, 11) is 0. The van der Waals surface area contributed by atoms with E-state index >= 15 is 0 Å². The van der Waals surface area contributed by atoms with Gasteiger partial charge in [-0.05, 0) is 26.0 Å². The van der Waals surface area contributed by atoms with Crippen LogP contribution in [0.25, 0.3) is 10.3 Å². The molecule has 146 valence electrons. The SMILES string of the molecule is CSc1nc2ncnc(N3CCN(C(C)C(=O)NC4CCCC4)CC3)c2s1. The molecule has 3 heterocycles. The van der Waals surface area contributed by atoms with Crippen molar-refractivity contribution in [3.8, 4) is 0 Å². The van der Waals surface area contributed by atoms with Gasteiger partial charge >= 0.3 is 0 Å². The molecule has 4 rings (SSSR count). The Labute approximate surface area is 167 Å². The Morgan fingerprint density at radius 1 is 1.26 bits per heavy atom. The zero-order chi connectivity index (χ0) is 18.8. The number of amides is 1. The average Bonchev–Trinajstić information content (AvgIpc) is 3.36. The number of rotatable bonds is 5. The number of hydrogen-bond acceptors (Lipinski definition) is 8. The van der Waals surface area contributed by atoms with E-state index in [1.54, 1.807) is 29.4 Å². The summed E-state index contributed by atoms with van der Waals surface area (Å²) in [6.07, 6.45) is 8.36. The highest BCUT2D eigenvalue weighted by Gasteiger charge is 2.29. The molecule has 1 saturated carbocycles. The summed E-state index contributed by atoms with van der Waals surface area (Å²) in [4.78, 5) is 30.5. The number of aromatic nitrogens is 3. The van der Waals surface area contributed by atoms with E-state index in [2.05, 4.69) is 30.1 Å². The van der Waals surface area contributed by atoms with Crippen LogP contribution in [0, 0.1) is 0 Å². The van der Waals surface area contributed by atoms with E-state index in [0.29, 0.717) is 6.04 Å². The monoisotopic (exact) mass is 406 g/mol. The number of anilines is 1. The fourth-order valence-corrected chi connectivity index (χ4v) is 5.44. The summed E-state index contributed by atoms with van der Waals surface area (Å²) in [6.45, 7) is 5.47. The van der Waals surface area contributed by atoms with Gasteiger partial charge in [0.05, 0.1) is 6.04 Å². The van der Waals surface area contributed by atoms with Crippen LogP contribution < -0.4 is 10.2 Å². The zero-order valence-electron chi connectivity index (χ0n) is 15.8. The molecule has 1 N–H and O–H groups in total. The van der Waals surface area contributed by atoms with Crippen molar-refractivity contribution in [1.29, 1.82) is 0 Å². The van der Waals surface area contributed by atoms with Crippen LogP contribution in [0.2, 0.25) is 0 Å². The Hall–Kier alpha value is -1.45. The third-order valence-electron chi connectivity index (χ3n) is 5.57. The topological polar surface area (TPSA) is 74.2 Å². The van der Waals surface area contributed by atoms with E-state index in [9.17, 15) is 4.79 Å². The van der Waals surface area contributed by atoms with Gasteiger partial charge in [-0.25, -0.2) is 15.0 Å². The third kappa shape index (κ3) is 4.05. The predicted octanol–water partition coefficient (Wildman–Crippen LogP) is 2.38. The van der Waals surface area contributed by atoms with Gasteiger partial charge in [0.2, 0.25) is 5.91 Å². The van der Waals surface area contributed by atoms with Gasteiger partial charge in [-0.1, -0.05) is 24.6 Å². The summed E-state index contributed by atoms with van der Waals surface area (Å²) in [5, 5.41) is 3.23. The largest absolute Gasteiger partial charge is 0.353 e. The molecule has 2 aromatic rings. The maximum atomic E-state index is 12.6. The van der Waals surface area contributed by atoms with Gasteiger partial charge < -0.3 is 10.2 Å². The van der Waals surface area contributed by atoms with Crippen molar-refractivity contribution in [1.82, 2.24) is 25.2 Å². The maximum Gasteiger partial charge on any atom is 0.237 e. The van der Waals surface area contributed by atoms with Crippen molar-refractivity contribution in [3.63, 3.8) is 0 Å². The van der Waals surface area contributed by atoms with Crippen LogP contribution in [0.1, 0.15) is 32.6 Å². The minimum atomic E-state index is -0.0790. The molecule has 2 aliphatic rings. The van der Waals surface area contributed by atoms with Crippen LogP contribution in [-0.4, -0.2) is 70.3 Å². The highest BCUT2D eigenvalue weighted by molar-refractivity contribution is 8.00. The second-order valence-corrected chi connectivity index (χ2v) is 9.28. The zero-order valence-corrected chi connectivity index (χ0v) is 17.5. The van der Waals surface area contributed by atoms with Gasteiger partial charge in [0, 0.05) is 32.2 Å². The number of hydrogen-bond donors (Lipinski definition) is 1. The molecule has 2 fully saturated rings. The first-order valence-corrected chi connectivity index (χ1v) is 11.6. The molecule has 0 radical (unpaired) electrons. The summed E-state index contributed by atoms with van der Waals surface area (Å²) in [5.74, 6) is 1.15. The van der Waals surface area contributed by atoms with Crippen molar-refractivity contribution in [2.24, 2.45) is 0 Å². The van der Waals surface area contributed by atoms with Gasteiger partial charge in [0.1, 0.15) is 11.0 Å². The van der Waals surface area contributed by atoms with Crippen LogP contribution in [0.3, 0.4) is 0 Å². The molecule has 1 atom stereocenters. The normalized spacial score (nSPS) is 20.3. The van der Waals surface area contributed by atoms with Crippen LogP contribution in [0.4, 0.5) is 5.82 Å². The molecule has 1 saturated heterocycles. The summed E-state index contributed by atoms with van der Waals surface area (Å²) < 4.78 is 2.07. The Balaban J connectivity index is 1.38. The van der Waals surface area contributed by atoms with Gasteiger partial charge in [-0.2, -0.15) is 0 Å². The van der Waals surface area contributed by atoms with Gasteiger partial charge in [0.15, 0.2) is 15.8 Å². The lowest BCUT2D eigenvalue weighted by atomic mass is 10.2. The quantitative estimate of drug-likeness (QED) is 0.764. The first kappa shape index (κ1) is 18.9. The smallest absolute Gasteiger partial charge is 0.237 e. The molecule has 0 spiro atoms. The number of piperazine rings is 1. The number of fused-ring (bicyclic) bond motifs is 1. The predicted molar refractivity (Wildman–Crippen MR) is 111 cm³/mol. The molecular weight excluding hydrogens is 380 g/mol. The Kier molecular flexibility index (Phi) is 5.79. The summed E-state index contributed by atoms with van der Waals surface area (Å²) in [6, 6.07) is 0.303. The molecule has 1 unspecified atom stereocenters. The van der Waals surface area contributed by atoms with Crippen LogP contribution in [-0.2, 0) is 4.79 Å². The van der Waals surface area contributed by atoms with Crippen molar-refractivity contribution < 1.29 is 4.79 Å². The van der Waals surface area contributed by atoms with Crippen molar-refractivity contribution in [2.75, 3.05) is 37.3 Å². The molecule has 0 bridgehead atoms. The standard InChI is InChI=1S/C18H26N6OS2/c1-12(17(25)21-13-5-3-4-6-13)23-7-9-24(10-8-23)16-14-15(19-11-20-16)22-18(26-2)27-14/h11-13H,3-10H2,1-2H3,(H,21,25). The average molecular weight is 407 g/mol. The van der Waals surface area contributed by atoms with E-state index in [1.165, 1.54) is 12.8 Å². The minimum Gasteiger partial charge on any atom is -0.353 e. The van der Waals surface area contributed by atoms with E-state index < -0.39 is 0 Å². The molecule has 1 aliphatic carbocycles. The van der Waals surface area contributed by atoms with Crippen LogP contribution in [0.15, 0.2) is 10.7 Å². The summed E-state index contributed by atoms with van der Waals surface area (Å²) in [5.41, 5.74) is 0.779. The maximum absolute atomic E-state index is 12.6. The number of carbonyl (C=O) groups excluding carboxylic acids is 1. The first-order chi connectivity index (χ1) is 13.2. The molecule has 7 nitrogen and oxygen atoms in total. The van der Waals surface area contributed by atoms with E-state index in [1.807, 2.05) is 13.2 Å². The Morgan fingerprint density at radius 2 is 2.00 bits per heavy atom. The van der Waals surface area contributed by atoms with E-state index in [4.69, 9.17) is 0 Å². The second kappa shape index (κ2) is 8.28. The number of carbonyl (C=O) groups is 1. The van der Waals surface area contributed by atoms with Crippen LogP contribution in [0.5, 0.6) is 0 Å². The number of nitrogens with zero attached hydrogens (tertiary/aromatic N) is 5. The second-order valence-electron chi connectivity index (χ2n) is 7.22. The van der Waals surface area contributed by atoms with Crippen molar-refractivity contribution >= 4 is 45.2 Å². The fraction of sp³-hybridized carbons (Fsp3) is 0.667. The highest BCUT2D eigenvalue weighted by atomic mass is 32.2. The number of thiazole rings is 1. The molecular formula is C18H26N6OS2. The lowest BCUT2D eigenvalue weighted by Gasteiger charge is -2.38. The number of thioether (sulfide) groups is 1. The molecule has 9 heteroatoms. The van der Waals surface area contributed by atoms with Gasteiger partial charge in [0.25, 0.3) is 0 Å². The Morgan fingerprint density at radius 3 is 2.70 bits per heavy atom. The molecule has 27 heavy (non-hydrogen) atoms. The lowest BCUT2D eigenvalue weighted by molar-refractivity contribution is -0.126. The highest BCUT2D eigenvalue weighted by Crippen LogP contribution is 2.33. The summed E-state index contributed by atoms with van der Waals surface area (Å²) >= 11 is 3.29. The fourth-order valence-electron chi connectivity index (χ4n) is 3.91. The minimum absolute atomic E-state index is 0.0790. The van der Waals surface area contributed by atoms with E-state index in [-0.39, 0.29) is 11.9 Å².